The number of carboxylic acid groups (broad SMARTS) is 1. The van der Waals surface area contributed by atoms with Crippen LogP contribution in [-0.2, 0) is 19.1 Å². The van der Waals surface area contributed by atoms with E-state index in [4.69, 9.17) is 4.74 Å². The summed E-state index contributed by atoms with van der Waals surface area (Å²) in [6, 6.07) is 0. The fraction of sp³-hybridized carbons (Fsp3) is 0.750. The van der Waals surface area contributed by atoms with Gasteiger partial charge < -0.3 is 14.9 Å². The van der Waals surface area contributed by atoms with Gasteiger partial charge in [-0.15, -0.1) is 13.2 Å². The molecule has 0 aromatic heterocycles. The van der Waals surface area contributed by atoms with Crippen LogP contribution in [-0.4, -0.2) is 34.0 Å². The predicted octanol–water partition coefficient (Wildman–Crippen LogP) is 8.23. The number of rotatable bonds is 3. The molecule has 5 aliphatic carbocycles. The summed E-state index contributed by atoms with van der Waals surface area (Å²) in [5.41, 5.74) is -0.400. The lowest BCUT2D eigenvalue weighted by Crippen LogP contribution is -2.66. The fourth-order valence-corrected chi connectivity index (χ4v) is 10.9. The maximum absolute atomic E-state index is 14.4. The number of aliphatic hydroxyl groups excluding tert-OH is 1. The average Bonchev–Trinajstić information content (AvgIpc) is 2.88. The van der Waals surface area contributed by atoms with Gasteiger partial charge in [0.2, 0.25) is 0 Å². The SMILES string of the molecule is C/C(O)=C/C(=O)O[C@H]1CC[C@@]2(C)C(CC[C@]3(C)[C@@H]2C(=O)C=C2[C@@H]4C[C@@](C)(C(=O)O)CC[C@]4(C)CC[C@]23C)C1(C)C.C=C. The molecule has 0 radical (unpaired) electrons. The van der Waals surface area contributed by atoms with Gasteiger partial charge in [0.05, 0.1) is 17.3 Å². The first-order chi connectivity index (χ1) is 19.3. The van der Waals surface area contributed by atoms with Crippen LogP contribution in [0.5, 0.6) is 0 Å². The summed E-state index contributed by atoms with van der Waals surface area (Å²) < 4.78 is 5.89. The first-order valence-electron chi connectivity index (χ1n) is 15.9. The minimum Gasteiger partial charge on any atom is -0.512 e. The van der Waals surface area contributed by atoms with Gasteiger partial charge in [0.15, 0.2) is 5.78 Å². The molecule has 42 heavy (non-hydrogen) atoms. The Morgan fingerprint density at radius 1 is 0.929 bits per heavy atom. The van der Waals surface area contributed by atoms with Crippen LogP contribution in [0.1, 0.15) is 113 Å². The molecule has 9 atom stereocenters. The molecule has 6 heteroatoms. The van der Waals surface area contributed by atoms with Crippen molar-refractivity contribution in [2.75, 3.05) is 0 Å². The maximum Gasteiger partial charge on any atom is 0.334 e. The highest BCUT2D eigenvalue weighted by atomic mass is 16.5. The molecule has 0 heterocycles. The number of hydrogen-bond donors (Lipinski definition) is 2. The molecule has 4 fully saturated rings. The standard InChI is InChI=1S/C34H50O6.C2H4/c1-20(35)17-26(37)40-25-10-11-32(6)24(29(25,2)3)9-12-34(8)27(32)23(36)18-21-22-19-31(5,28(38)39)14-13-30(22,4)15-16-33(21,34)7;1-2/h17-18,22,24-25,27,35H,9-16,19H2,1-8H3,(H,38,39);1-2H2/b20-17-;/t22-,24?,25-,27+,30+,31-,32-,33+,34+;/m0./s1. The number of esters is 1. The van der Waals surface area contributed by atoms with Crippen LogP contribution < -0.4 is 0 Å². The number of hydrogen-bond acceptors (Lipinski definition) is 5. The van der Waals surface area contributed by atoms with Crippen LogP contribution >= 0.6 is 0 Å². The smallest absolute Gasteiger partial charge is 0.334 e. The number of carbonyl (C=O) groups excluding carboxylic acids is 2. The van der Waals surface area contributed by atoms with Crippen molar-refractivity contribution < 1.29 is 29.3 Å². The molecule has 0 aromatic rings. The molecule has 6 nitrogen and oxygen atoms in total. The van der Waals surface area contributed by atoms with Crippen LogP contribution in [0.25, 0.3) is 0 Å². The highest BCUT2D eigenvalue weighted by Gasteiger charge is 2.70. The van der Waals surface area contributed by atoms with E-state index in [0.29, 0.717) is 19.3 Å². The predicted molar refractivity (Wildman–Crippen MR) is 165 cm³/mol. The summed E-state index contributed by atoms with van der Waals surface area (Å²) in [7, 11) is 0. The second-order valence-corrected chi connectivity index (χ2v) is 16.1. The third-order valence-corrected chi connectivity index (χ3v) is 13.6. The number of carbonyl (C=O) groups is 3. The molecule has 0 saturated heterocycles. The number of fused-ring (bicyclic) bond motifs is 7. The van der Waals surface area contributed by atoms with E-state index < -0.39 is 17.4 Å². The van der Waals surface area contributed by atoms with Crippen molar-refractivity contribution in [3.63, 3.8) is 0 Å². The Balaban J connectivity index is 0.00000198. The minimum absolute atomic E-state index is 0.0379. The first-order valence-corrected chi connectivity index (χ1v) is 15.9. The quantitative estimate of drug-likeness (QED) is 0.150. The van der Waals surface area contributed by atoms with E-state index >= 15 is 0 Å². The molecule has 4 saturated carbocycles. The molecule has 5 aliphatic rings. The van der Waals surface area contributed by atoms with E-state index in [1.54, 1.807) is 0 Å². The maximum atomic E-state index is 14.4. The van der Waals surface area contributed by atoms with Crippen molar-refractivity contribution in [2.24, 2.45) is 50.2 Å². The summed E-state index contributed by atoms with van der Waals surface area (Å²) >= 11 is 0. The molecule has 0 bridgehead atoms. The van der Waals surface area contributed by atoms with Crippen molar-refractivity contribution in [3.05, 3.63) is 36.6 Å². The Morgan fingerprint density at radius 3 is 2.14 bits per heavy atom. The number of ether oxygens (including phenoxy) is 1. The van der Waals surface area contributed by atoms with Crippen molar-refractivity contribution in [2.45, 2.75) is 119 Å². The summed E-state index contributed by atoms with van der Waals surface area (Å²) in [6.07, 6.45) is 10.5. The van der Waals surface area contributed by atoms with E-state index in [1.165, 1.54) is 12.5 Å². The Kier molecular flexibility index (Phi) is 8.03. The number of aliphatic carboxylic acids is 1. The number of ketones is 1. The lowest BCUT2D eigenvalue weighted by atomic mass is 9.33. The normalized spacial score (nSPS) is 45.9. The molecule has 1 unspecified atom stereocenters. The molecule has 0 aromatic carbocycles. The van der Waals surface area contributed by atoms with E-state index in [9.17, 15) is 24.6 Å². The molecular weight excluding hydrogens is 528 g/mol. The second-order valence-electron chi connectivity index (χ2n) is 16.1. The summed E-state index contributed by atoms with van der Waals surface area (Å²) in [6.45, 7) is 23.1. The van der Waals surface area contributed by atoms with Gasteiger partial charge in [0, 0.05) is 11.3 Å². The Hall–Kier alpha value is -2.37. The number of carboxylic acids is 1. The van der Waals surface area contributed by atoms with Gasteiger partial charge in [-0.2, -0.15) is 0 Å². The number of allylic oxidation sites excluding steroid dienone is 3. The van der Waals surface area contributed by atoms with Gasteiger partial charge in [-0.3, -0.25) is 9.59 Å². The van der Waals surface area contributed by atoms with Crippen molar-refractivity contribution in [1.29, 1.82) is 0 Å². The highest BCUT2D eigenvalue weighted by Crippen LogP contribution is 2.75. The summed E-state index contributed by atoms with van der Waals surface area (Å²) in [5, 5.41) is 19.7. The van der Waals surface area contributed by atoms with Gasteiger partial charge in [-0.25, -0.2) is 4.79 Å². The van der Waals surface area contributed by atoms with Crippen LogP contribution in [0.4, 0.5) is 0 Å². The van der Waals surface area contributed by atoms with Gasteiger partial charge in [-0.05, 0) is 111 Å². The van der Waals surface area contributed by atoms with Gasteiger partial charge in [0.25, 0.3) is 0 Å². The molecule has 0 spiro atoms. The largest absolute Gasteiger partial charge is 0.512 e. The average molecular weight is 583 g/mol. The van der Waals surface area contributed by atoms with Gasteiger partial charge in [0.1, 0.15) is 6.10 Å². The lowest BCUT2D eigenvalue weighted by Gasteiger charge is -2.70. The molecule has 2 N–H and O–H groups in total. The van der Waals surface area contributed by atoms with Gasteiger partial charge in [-0.1, -0.05) is 47.1 Å². The number of aliphatic hydroxyl groups is 1. The molecule has 0 amide bonds. The molecule has 0 aliphatic heterocycles. The molecule has 5 rings (SSSR count). The topological polar surface area (TPSA) is 101 Å². The van der Waals surface area contributed by atoms with Crippen molar-refractivity contribution >= 4 is 17.7 Å². The van der Waals surface area contributed by atoms with E-state index in [2.05, 4.69) is 54.7 Å². The monoisotopic (exact) mass is 582 g/mol. The fourth-order valence-electron chi connectivity index (χ4n) is 10.9. The Bertz CT molecular complexity index is 1210. The van der Waals surface area contributed by atoms with Crippen molar-refractivity contribution in [3.8, 4) is 0 Å². The zero-order chi connectivity index (χ0) is 31.7. The van der Waals surface area contributed by atoms with Gasteiger partial charge >= 0.3 is 11.9 Å². The summed E-state index contributed by atoms with van der Waals surface area (Å²) in [5.74, 6) is -0.868. The minimum atomic E-state index is -0.753. The van der Waals surface area contributed by atoms with Crippen LogP contribution in [0.3, 0.4) is 0 Å². The second kappa shape index (κ2) is 10.4. The highest BCUT2D eigenvalue weighted by molar-refractivity contribution is 5.95. The molecule has 234 valence electrons. The first kappa shape index (κ1) is 32.5. The Labute approximate surface area is 253 Å². The zero-order valence-electron chi connectivity index (χ0n) is 27.3. The third-order valence-electron chi connectivity index (χ3n) is 13.6. The summed E-state index contributed by atoms with van der Waals surface area (Å²) in [4.78, 5) is 39.2. The van der Waals surface area contributed by atoms with Crippen LogP contribution in [0.2, 0.25) is 0 Å². The van der Waals surface area contributed by atoms with Crippen LogP contribution in [0, 0.1) is 50.2 Å². The van der Waals surface area contributed by atoms with E-state index in [1.807, 2.05) is 13.0 Å². The molecular formula is C36H54O6. The van der Waals surface area contributed by atoms with E-state index in [-0.39, 0.29) is 62.5 Å². The third kappa shape index (κ3) is 4.53. The van der Waals surface area contributed by atoms with Crippen molar-refractivity contribution in [1.82, 2.24) is 0 Å². The Morgan fingerprint density at radius 2 is 1.55 bits per heavy atom. The lowest BCUT2D eigenvalue weighted by molar-refractivity contribution is -0.209. The van der Waals surface area contributed by atoms with Crippen LogP contribution in [0.15, 0.2) is 36.6 Å². The van der Waals surface area contributed by atoms with E-state index in [0.717, 1.165) is 44.6 Å². The zero-order valence-corrected chi connectivity index (χ0v) is 27.3.